The second-order valence-corrected chi connectivity index (χ2v) is 4.72. The molecule has 0 amide bonds. The van der Waals surface area contributed by atoms with Gasteiger partial charge in [0.15, 0.2) is 0 Å². The topological polar surface area (TPSA) is 76.8 Å². The molecule has 2 heterocycles. The fourth-order valence-corrected chi connectivity index (χ4v) is 2.27. The normalized spacial score (nSPS) is 17.1. The van der Waals surface area contributed by atoms with E-state index in [1.807, 2.05) is 0 Å². The molecule has 1 aromatic rings. The summed E-state index contributed by atoms with van der Waals surface area (Å²) in [7, 11) is 5.34. The predicted molar refractivity (Wildman–Crippen MR) is 78.7 cm³/mol. The number of methoxy groups -OCH3 is 1. The van der Waals surface area contributed by atoms with E-state index in [2.05, 4.69) is 4.74 Å². The van der Waals surface area contributed by atoms with Gasteiger partial charge in [-0.25, -0.2) is 9.59 Å². The van der Waals surface area contributed by atoms with Gasteiger partial charge in [-0.2, -0.15) is 0 Å². The predicted octanol–water partition coefficient (Wildman–Crippen LogP) is -0.973. The Morgan fingerprint density at radius 3 is 2.52 bits per heavy atom. The van der Waals surface area contributed by atoms with Gasteiger partial charge in [-0.05, 0) is 0 Å². The molecule has 0 bridgehead atoms. The summed E-state index contributed by atoms with van der Waals surface area (Å²) in [6, 6.07) is 0. The molecule has 0 aliphatic carbocycles. The highest BCUT2D eigenvalue weighted by Gasteiger charge is 2.27. The molecule has 114 valence electrons. The molecule has 1 aromatic heterocycles. The van der Waals surface area contributed by atoms with Crippen LogP contribution in [-0.2, 0) is 23.6 Å². The lowest BCUT2D eigenvalue weighted by Crippen LogP contribution is -2.42. The Balaban J connectivity index is 2.88. The Kier molecular flexibility index (Phi) is 2.72. The lowest BCUT2D eigenvalue weighted by molar-refractivity contribution is -0.136. The number of anilines is 2. The van der Waals surface area contributed by atoms with E-state index < -0.39 is 24.2 Å². The van der Waals surface area contributed by atoms with Crippen molar-refractivity contribution in [1.82, 2.24) is 9.13 Å². The van der Waals surface area contributed by atoms with Gasteiger partial charge < -0.3 is 14.5 Å². The van der Waals surface area contributed by atoms with Crippen molar-refractivity contribution in [3.8, 4) is 0 Å². The maximum atomic E-state index is 12.5. The molecular weight excluding hydrogens is 276 g/mol. The minimum absolute atomic E-state index is 0.0189. The molecule has 1 aliphatic heterocycles. The average Bonchev–Trinajstić information content (AvgIpc) is 2.66. The van der Waals surface area contributed by atoms with Crippen LogP contribution in [0, 0.1) is 0 Å². The van der Waals surface area contributed by atoms with Gasteiger partial charge in [0.1, 0.15) is 11.5 Å². The zero-order chi connectivity index (χ0) is 18.4. The van der Waals surface area contributed by atoms with E-state index in [9.17, 15) is 14.4 Å². The van der Waals surface area contributed by atoms with Crippen molar-refractivity contribution in [1.29, 1.82) is 0 Å². The van der Waals surface area contributed by atoms with E-state index >= 15 is 0 Å². The Hall–Kier alpha value is -2.51. The van der Waals surface area contributed by atoms with Crippen LogP contribution in [0.15, 0.2) is 21.4 Å². The summed E-state index contributed by atoms with van der Waals surface area (Å²) in [5, 5.41) is 0. The number of nitrogens with zero attached hydrogens (tertiary/aromatic N) is 4. The monoisotopic (exact) mass is 297 g/mol. The van der Waals surface area contributed by atoms with Crippen LogP contribution in [0.25, 0.3) is 0 Å². The van der Waals surface area contributed by atoms with Crippen LogP contribution in [0.5, 0.6) is 0 Å². The number of carbonyl (C=O) groups is 1. The molecule has 0 N–H and O–H groups in total. The maximum Gasteiger partial charge on any atom is 0.337 e. The summed E-state index contributed by atoms with van der Waals surface area (Å²) >= 11 is 0. The smallest absolute Gasteiger partial charge is 0.337 e. The van der Waals surface area contributed by atoms with Gasteiger partial charge in [0.2, 0.25) is 0 Å². The first-order valence-electron chi connectivity index (χ1n) is 7.60. The van der Waals surface area contributed by atoms with Crippen LogP contribution in [0.3, 0.4) is 0 Å². The van der Waals surface area contributed by atoms with Crippen molar-refractivity contribution in [2.75, 3.05) is 37.5 Å². The van der Waals surface area contributed by atoms with Gasteiger partial charge in [0.25, 0.3) is 5.56 Å². The molecule has 2 rings (SSSR count). The quantitative estimate of drug-likeness (QED) is 0.621. The highest BCUT2D eigenvalue weighted by Crippen LogP contribution is 2.26. The Labute approximate surface area is 125 Å². The second-order valence-electron chi connectivity index (χ2n) is 4.72. The highest BCUT2D eigenvalue weighted by atomic mass is 16.5. The molecule has 0 radical (unpaired) electrons. The van der Waals surface area contributed by atoms with Crippen LogP contribution >= 0.6 is 0 Å². The first-order chi connectivity index (χ1) is 11.0. The van der Waals surface area contributed by atoms with E-state index in [0.717, 1.165) is 14.0 Å². The van der Waals surface area contributed by atoms with Crippen molar-refractivity contribution in [2.24, 2.45) is 14.1 Å². The summed E-state index contributed by atoms with van der Waals surface area (Å²) in [6.45, 7) is -3.01. The van der Waals surface area contributed by atoms with Gasteiger partial charge in [0.05, 0.1) is 19.2 Å². The largest absolute Gasteiger partial charge is 0.466 e. The molecular formula is C13H18N4O4. The van der Waals surface area contributed by atoms with Gasteiger partial charge >= 0.3 is 11.7 Å². The number of likely N-dealkylation sites (N-methyl/N-ethyl adjacent to an activating group) is 1. The van der Waals surface area contributed by atoms with E-state index in [-0.39, 0.29) is 23.6 Å². The number of aromatic nitrogens is 2. The zero-order valence-corrected chi connectivity index (χ0v) is 12.2. The van der Waals surface area contributed by atoms with Gasteiger partial charge in [0, 0.05) is 38.4 Å². The van der Waals surface area contributed by atoms with Crippen LogP contribution in [-0.4, -0.2) is 42.8 Å². The molecule has 0 spiro atoms. The molecule has 0 fully saturated rings. The first-order valence-corrected chi connectivity index (χ1v) is 6.10. The SMILES string of the molecule is [2H]C([2H])([2H])N1CC(C(=O)OC)=CN(C)c2c1n(C)c(=O)n(C)c2=O. The van der Waals surface area contributed by atoms with Crippen molar-refractivity contribution >= 4 is 17.5 Å². The molecule has 0 saturated carbocycles. The zero-order valence-electron chi connectivity index (χ0n) is 15.2. The van der Waals surface area contributed by atoms with Crippen molar-refractivity contribution in [3.63, 3.8) is 0 Å². The molecule has 0 unspecified atom stereocenters. The molecule has 8 heteroatoms. The van der Waals surface area contributed by atoms with Crippen molar-refractivity contribution in [2.45, 2.75) is 0 Å². The number of ether oxygens (including phenoxy) is 1. The number of fused-ring (bicyclic) bond motifs is 1. The van der Waals surface area contributed by atoms with Crippen molar-refractivity contribution < 1.29 is 13.6 Å². The highest BCUT2D eigenvalue weighted by molar-refractivity contribution is 5.91. The van der Waals surface area contributed by atoms with E-state index in [1.165, 1.54) is 39.4 Å². The van der Waals surface area contributed by atoms with E-state index in [1.54, 1.807) is 0 Å². The fourth-order valence-electron chi connectivity index (χ4n) is 2.27. The number of hydrogen-bond donors (Lipinski definition) is 0. The third-order valence-electron chi connectivity index (χ3n) is 3.34. The molecule has 21 heavy (non-hydrogen) atoms. The molecule has 0 aromatic carbocycles. The van der Waals surface area contributed by atoms with Gasteiger partial charge in [-0.1, -0.05) is 0 Å². The summed E-state index contributed by atoms with van der Waals surface area (Å²) in [5.74, 6) is -0.800. The number of carbonyl (C=O) groups excluding carboxylic acids is 1. The van der Waals surface area contributed by atoms with Gasteiger partial charge in [-0.3, -0.25) is 13.9 Å². The van der Waals surface area contributed by atoms with E-state index in [0.29, 0.717) is 0 Å². The van der Waals surface area contributed by atoms with Crippen LogP contribution < -0.4 is 21.0 Å². The summed E-state index contributed by atoms with van der Waals surface area (Å²) < 4.78 is 29.8. The van der Waals surface area contributed by atoms with Crippen molar-refractivity contribution in [3.05, 3.63) is 32.6 Å². The third-order valence-corrected chi connectivity index (χ3v) is 3.34. The number of rotatable bonds is 1. The second kappa shape index (κ2) is 5.12. The number of hydrogen-bond acceptors (Lipinski definition) is 6. The van der Waals surface area contributed by atoms with Gasteiger partial charge in [-0.15, -0.1) is 0 Å². The maximum absolute atomic E-state index is 12.5. The lowest BCUT2D eigenvalue weighted by Gasteiger charge is -2.24. The minimum Gasteiger partial charge on any atom is -0.466 e. The lowest BCUT2D eigenvalue weighted by atomic mass is 10.3. The molecule has 0 saturated heterocycles. The fraction of sp³-hybridized carbons (Fsp3) is 0.462. The Bertz CT molecular complexity index is 837. The molecule has 8 nitrogen and oxygen atoms in total. The van der Waals surface area contributed by atoms with E-state index in [4.69, 9.17) is 4.11 Å². The standard InChI is InChI=1S/C13H18N4O4/c1-14-6-8(12(19)21-5)7-15(2)10-9(14)11(18)17(4)13(20)16(10)3/h6H,7H2,1-5H3/i2D3. The number of esters is 1. The van der Waals surface area contributed by atoms with Crippen LogP contribution in [0.4, 0.5) is 11.5 Å². The molecule has 0 atom stereocenters. The Morgan fingerprint density at radius 2 is 1.95 bits per heavy atom. The first kappa shape index (κ1) is 11.2. The van der Waals surface area contributed by atoms with Crippen LogP contribution in [0.1, 0.15) is 4.11 Å². The summed E-state index contributed by atoms with van der Waals surface area (Å²) in [6.07, 6.45) is 1.34. The third kappa shape index (κ3) is 2.22. The Morgan fingerprint density at radius 1 is 1.29 bits per heavy atom. The minimum atomic E-state index is -2.68. The summed E-state index contributed by atoms with van der Waals surface area (Å²) in [4.78, 5) is 38.8. The van der Waals surface area contributed by atoms with Crippen LogP contribution in [0.2, 0.25) is 0 Å². The summed E-state index contributed by atoms with van der Waals surface area (Å²) in [5.41, 5.74) is -1.30. The molecule has 1 aliphatic rings. The average molecular weight is 297 g/mol.